The number of amides is 3. The van der Waals surface area contributed by atoms with E-state index >= 15 is 0 Å². The minimum Gasteiger partial charge on any atom is -0.341 e. The van der Waals surface area contributed by atoms with Crippen molar-refractivity contribution in [3.8, 4) is 0 Å². The summed E-state index contributed by atoms with van der Waals surface area (Å²) in [6.07, 6.45) is 1.90. The second kappa shape index (κ2) is 5.31. The van der Waals surface area contributed by atoms with Crippen LogP contribution in [0.2, 0.25) is 0 Å². The molecule has 0 N–H and O–H groups in total. The van der Waals surface area contributed by atoms with E-state index in [4.69, 9.17) is 0 Å². The standard InChI is InChI=1S/C16H18N2O3/c1-11-5-4-8-17(14(11)19)9-10-18-15(20)12-6-2-3-7-13(12)16(18)21/h2-3,6-7,11H,4-5,8-10H2,1H3/t11-/m1/s1. The van der Waals surface area contributed by atoms with Gasteiger partial charge in [0, 0.05) is 25.6 Å². The molecule has 1 fully saturated rings. The molecule has 5 nitrogen and oxygen atoms in total. The molecule has 2 heterocycles. The number of carbonyl (C=O) groups excluding carboxylic acids is 3. The van der Waals surface area contributed by atoms with Gasteiger partial charge in [0.25, 0.3) is 11.8 Å². The van der Waals surface area contributed by atoms with Crippen LogP contribution in [0.3, 0.4) is 0 Å². The lowest BCUT2D eigenvalue weighted by molar-refractivity contribution is -0.137. The number of piperidine rings is 1. The highest BCUT2D eigenvalue weighted by molar-refractivity contribution is 6.21. The Morgan fingerprint density at radius 1 is 1.05 bits per heavy atom. The largest absolute Gasteiger partial charge is 0.341 e. The van der Waals surface area contributed by atoms with E-state index in [1.54, 1.807) is 29.2 Å². The zero-order chi connectivity index (χ0) is 15.0. The summed E-state index contributed by atoms with van der Waals surface area (Å²) >= 11 is 0. The van der Waals surface area contributed by atoms with Crippen LogP contribution in [0.25, 0.3) is 0 Å². The average Bonchev–Trinajstić information content (AvgIpc) is 2.73. The highest BCUT2D eigenvalue weighted by Gasteiger charge is 2.35. The molecule has 3 rings (SSSR count). The number of nitrogens with zero attached hydrogens (tertiary/aromatic N) is 2. The van der Waals surface area contributed by atoms with Crippen molar-refractivity contribution in [2.24, 2.45) is 5.92 Å². The molecule has 5 heteroatoms. The predicted octanol–water partition coefficient (Wildman–Crippen LogP) is 1.54. The topological polar surface area (TPSA) is 57.7 Å². The summed E-state index contributed by atoms with van der Waals surface area (Å²) in [6, 6.07) is 6.85. The molecule has 0 aromatic heterocycles. The van der Waals surface area contributed by atoms with Crippen molar-refractivity contribution in [1.82, 2.24) is 9.80 Å². The maximum atomic E-state index is 12.2. The Kier molecular flexibility index (Phi) is 3.49. The van der Waals surface area contributed by atoms with Gasteiger partial charge in [-0.2, -0.15) is 0 Å². The first-order valence-corrected chi connectivity index (χ1v) is 7.33. The fourth-order valence-electron chi connectivity index (χ4n) is 3.02. The zero-order valence-electron chi connectivity index (χ0n) is 12.0. The van der Waals surface area contributed by atoms with Crippen molar-refractivity contribution >= 4 is 17.7 Å². The lowest BCUT2D eigenvalue weighted by Crippen LogP contribution is -2.45. The minimum absolute atomic E-state index is 0.0425. The number of hydrogen-bond acceptors (Lipinski definition) is 3. The summed E-state index contributed by atoms with van der Waals surface area (Å²) in [4.78, 5) is 39.5. The Morgan fingerprint density at radius 2 is 1.67 bits per heavy atom. The van der Waals surface area contributed by atoms with E-state index in [1.165, 1.54) is 4.90 Å². The van der Waals surface area contributed by atoms with Crippen molar-refractivity contribution in [3.63, 3.8) is 0 Å². The Labute approximate surface area is 123 Å². The third-order valence-electron chi connectivity index (χ3n) is 4.27. The molecule has 3 amide bonds. The van der Waals surface area contributed by atoms with Crippen LogP contribution in [0.4, 0.5) is 0 Å². The molecule has 21 heavy (non-hydrogen) atoms. The van der Waals surface area contributed by atoms with Gasteiger partial charge in [-0.25, -0.2) is 0 Å². The van der Waals surface area contributed by atoms with Gasteiger partial charge in [0.2, 0.25) is 5.91 Å². The maximum absolute atomic E-state index is 12.2. The lowest BCUT2D eigenvalue weighted by Gasteiger charge is -2.31. The molecule has 0 aliphatic carbocycles. The van der Waals surface area contributed by atoms with Crippen molar-refractivity contribution in [2.75, 3.05) is 19.6 Å². The summed E-state index contributed by atoms with van der Waals surface area (Å²) in [5.41, 5.74) is 0.918. The van der Waals surface area contributed by atoms with Gasteiger partial charge in [-0.05, 0) is 25.0 Å². The number of rotatable bonds is 3. The Morgan fingerprint density at radius 3 is 2.29 bits per heavy atom. The highest BCUT2D eigenvalue weighted by atomic mass is 16.2. The van der Waals surface area contributed by atoms with Gasteiger partial charge in [-0.3, -0.25) is 19.3 Å². The number of imide groups is 1. The van der Waals surface area contributed by atoms with E-state index < -0.39 is 0 Å². The van der Waals surface area contributed by atoms with Crippen LogP contribution in [0.1, 0.15) is 40.5 Å². The molecule has 0 spiro atoms. The van der Waals surface area contributed by atoms with Crippen LogP contribution < -0.4 is 0 Å². The fraction of sp³-hybridized carbons (Fsp3) is 0.438. The number of likely N-dealkylation sites (tertiary alicyclic amines) is 1. The van der Waals surface area contributed by atoms with Crippen molar-refractivity contribution in [2.45, 2.75) is 19.8 Å². The first-order chi connectivity index (χ1) is 10.1. The van der Waals surface area contributed by atoms with E-state index in [-0.39, 0.29) is 30.2 Å². The normalized spacial score (nSPS) is 22.0. The number of benzene rings is 1. The molecule has 1 atom stereocenters. The van der Waals surface area contributed by atoms with Crippen LogP contribution >= 0.6 is 0 Å². The molecular formula is C16H18N2O3. The number of carbonyl (C=O) groups is 3. The third kappa shape index (κ3) is 2.33. The SMILES string of the molecule is C[C@@H]1CCCN(CCN2C(=O)c3ccccc3C2=O)C1=O. The van der Waals surface area contributed by atoms with Gasteiger partial charge in [-0.1, -0.05) is 19.1 Å². The summed E-state index contributed by atoms with van der Waals surface area (Å²) in [6.45, 7) is 3.34. The van der Waals surface area contributed by atoms with Crippen LogP contribution in [-0.4, -0.2) is 47.2 Å². The molecule has 1 saturated heterocycles. The fourth-order valence-corrected chi connectivity index (χ4v) is 3.02. The van der Waals surface area contributed by atoms with E-state index in [9.17, 15) is 14.4 Å². The molecule has 0 bridgehead atoms. The molecule has 2 aliphatic rings. The van der Waals surface area contributed by atoms with E-state index in [0.29, 0.717) is 24.2 Å². The quantitative estimate of drug-likeness (QED) is 0.792. The number of hydrogen-bond donors (Lipinski definition) is 0. The van der Waals surface area contributed by atoms with Gasteiger partial charge < -0.3 is 4.90 Å². The minimum atomic E-state index is -0.256. The lowest BCUT2D eigenvalue weighted by atomic mass is 9.99. The third-order valence-corrected chi connectivity index (χ3v) is 4.27. The Bertz CT molecular complexity index is 576. The van der Waals surface area contributed by atoms with Crippen molar-refractivity contribution < 1.29 is 14.4 Å². The second-order valence-electron chi connectivity index (χ2n) is 5.68. The van der Waals surface area contributed by atoms with Gasteiger partial charge in [0.05, 0.1) is 11.1 Å². The molecule has 110 valence electrons. The molecule has 2 aliphatic heterocycles. The zero-order valence-corrected chi connectivity index (χ0v) is 12.0. The first kappa shape index (κ1) is 13.8. The van der Waals surface area contributed by atoms with E-state index in [2.05, 4.69) is 0 Å². The van der Waals surface area contributed by atoms with Crippen molar-refractivity contribution in [3.05, 3.63) is 35.4 Å². The van der Waals surface area contributed by atoms with Gasteiger partial charge >= 0.3 is 0 Å². The van der Waals surface area contributed by atoms with Crippen LogP contribution in [0.15, 0.2) is 24.3 Å². The van der Waals surface area contributed by atoms with E-state index in [0.717, 1.165) is 12.8 Å². The smallest absolute Gasteiger partial charge is 0.261 e. The summed E-state index contributed by atoms with van der Waals surface area (Å²) in [7, 11) is 0. The van der Waals surface area contributed by atoms with Crippen LogP contribution in [-0.2, 0) is 4.79 Å². The van der Waals surface area contributed by atoms with Gasteiger partial charge in [0.15, 0.2) is 0 Å². The van der Waals surface area contributed by atoms with Crippen molar-refractivity contribution in [1.29, 1.82) is 0 Å². The molecule has 0 unspecified atom stereocenters. The molecule has 0 saturated carbocycles. The summed E-state index contributed by atoms with van der Waals surface area (Å²) in [5, 5.41) is 0. The van der Waals surface area contributed by atoms with Gasteiger partial charge in [-0.15, -0.1) is 0 Å². The number of fused-ring (bicyclic) bond motifs is 1. The monoisotopic (exact) mass is 286 g/mol. The van der Waals surface area contributed by atoms with Gasteiger partial charge in [0.1, 0.15) is 0 Å². The maximum Gasteiger partial charge on any atom is 0.261 e. The molecule has 1 aromatic carbocycles. The highest BCUT2D eigenvalue weighted by Crippen LogP contribution is 2.23. The molecular weight excluding hydrogens is 268 g/mol. The second-order valence-corrected chi connectivity index (χ2v) is 5.68. The Balaban J connectivity index is 1.68. The summed E-state index contributed by atoms with van der Waals surface area (Å²) < 4.78 is 0. The first-order valence-electron chi connectivity index (χ1n) is 7.33. The summed E-state index contributed by atoms with van der Waals surface area (Å²) in [5.74, 6) is -0.347. The predicted molar refractivity (Wildman–Crippen MR) is 76.8 cm³/mol. The average molecular weight is 286 g/mol. The van der Waals surface area contributed by atoms with Crippen LogP contribution in [0, 0.1) is 5.92 Å². The van der Waals surface area contributed by atoms with E-state index in [1.807, 2.05) is 6.92 Å². The van der Waals surface area contributed by atoms with Crippen LogP contribution in [0.5, 0.6) is 0 Å². The Hall–Kier alpha value is -2.17. The molecule has 1 aromatic rings. The molecule has 0 radical (unpaired) electrons.